The van der Waals surface area contributed by atoms with Gasteiger partial charge in [-0.15, -0.1) is 0 Å². The third kappa shape index (κ3) is 5.37. The molecule has 0 radical (unpaired) electrons. The van der Waals surface area contributed by atoms with Gasteiger partial charge in [-0.3, -0.25) is 0 Å². The number of carbonyl (C=O) groups is 1. The topological polar surface area (TPSA) is 122 Å². The van der Waals surface area contributed by atoms with Crippen molar-refractivity contribution in [1.29, 1.82) is 10.5 Å². The average molecular weight is 553 g/mol. The summed E-state index contributed by atoms with van der Waals surface area (Å²) in [5, 5.41) is 20.2. The number of aromatic nitrogens is 1. The quantitative estimate of drug-likeness (QED) is 0.370. The van der Waals surface area contributed by atoms with E-state index in [0.29, 0.717) is 20.6 Å². The van der Waals surface area contributed by atoms with Crippen LogP contribution in [-0.4, -0.2) is 22.8 Å². The van der Waals surface area contributed by atoms with E-state index in [4.69, 9.17) is 15.2 Å². The van der Waals surface area contributed by atoms with Crippen LogP contribution in [0.2, 0.25) is 0 Å². The Kier molecular flexibility index (Phi) is 8.26. The highest BCUT2D eigenvalue weighted by Gasteiger charge is 2.39. The summed E-state index contributed by atoms with van der Waals surface area (Å²) in [6, 6.07) is 11.7. The Morgan fingerprint density at radius 1 is 1.23 bits per heavy atom. The SMILES string of the molecule is Cc1nc(SCC2=C(C(=O)OC(C)C)[C@@H](c3ccccc3Br)C(C#N)=C(N)O2)c(C#N)c(C)c1C. The van der Waals surface area contributed by atoms with Crippen molar-refractivity contribution in [3.8, 4) is 12.1 Å². The maximum Gasteiger partial charge on any atom is 0.338 e. The summed E-state index contributed by atoms with van der Waals surface area (Å²) >= 11 is 4.80. The highest BCUT2D eigenvalue weighted by Crippen LogP contribution is 2.43. The van der Waals surface area contributed by atoms with Crippen molar-refractivity contribution < 1.29 is 14.3 Å². The molecular formula is C26H25BrN4O3S. The van der Waals surface area contributed by atoms with Gasteiger partial charge in [0.25, 0.3) is 0 Å². The Hall–Kier alpha value is -3.27. The lowest BCUT2D eigenvalue weighted by Gasteiger charge is -2.29. The maximum absolute atomic E-state index is 13.3. The molecule has 1 aromatic heterocycles. The summed E-state index contributed by atoms with van der Waals surface area (Å²) in [5.41, 5.74) is 10.3. The van der Waals surface area contributed by atoms with Crippen LogP contribution in [0, 0.1) is 43.4 Å². The van der Waals surface area contributed by atoms with E-state index >= 15 is 0 Å². The summed E-state index contributed by atoms with van der Waals surface area (Å²) in [7, 11) is 0. The summed E-state index contributed by atoms with van der Waals surface area (Å²) in [5.74, 6) is -1.03. The standard InChI is InChI=1S/C26H25BrN4O3S/c1-13(2)33-26(32)23-21(12-35-25-18(10-28)15(4)14(3)16(5)31-25)34-24(30)19(11-29)22(23)17-8-6-7-9-20(17)27/h6-9,13,22H,12,30H2,1-5H3/t22-/m0/s1. The minimum atomic E-state index is -0.781. The van der Waals surface area contributed by atoms with Crippen LogP contribution in [-0.2, 0) is 14.3 Å². The molecule has 35 heavy (non-hydrogen) atoms. The van der Waals surface area contributed by atoms with Crippen molar-refractivity contribution in [3.63, 3.8) is 0 Å². The number of carbonyl (C=O) groups excluding carboxylic acids is 1. The Morgan fingerprint density at radius 3 is 2.51 bits per heavy atom. The van der Waals surface area contributed by atoms with Gasteiger partial charge in [-0.05, 0) is 57.4 Å². The van der Waals surface area contributed by atoms with Crippen LogP contribution >= 0.6 is 27.7 Å². The molecule has 0 bridgehead atoms. The zero-order chi connectivity index (χ0) is 25.9. The summed E-state index contributed by atoms with van der Waals surface area (Å²) in [6.07, 6.45) is -0.383. The van der Waals surface area contributed by atoms with Crippen molar-refractivity contribution in [2.24, 2.45) is 5.73 Å². The van der Waals surface area contributed by atoms with Crippen LogP contribution in [0.25, 0.3) is 0 Å². The first-order chi connectivity index (χ1) is 16.6. The maximum atomic E-state index is 13.3. The highest BCUT2D eigenvalue weighted by atomic mass is 79.9. The fraction of sp³-hybridized carbons (Fsp3) is 0.308. The predicted molar refractivity (Wildman–Crippen MR) is 137 cm³/mol. The van der Waals surface area contributed by atoms with Crippen LogP contribution in [0.1, 0.15) is 47.7 Å². The van der Waals surface area contributed by atoms with Crippen molar-refractivity contribution in [2.45, 2.75) is 51.7 Å². The second-order valence-electron chi connectivity index (χ2n) is 8.27. The number of esters is 1. The van der Waals surface area contributed by atoms with E-state index in [-0.39, 0.29) is 34.6 Å². The van der Waals surface area contributed by atoms with Gasteiger partial charge in [0.05, 0.1) is 28.9 Å². The number of hydrogen-bond acceptors (Lipinski definition) is 8. The smallest absolute Gasteiger partial charge is 0.338 e. The highest BCUT2D eigenvalue weighted by molar-refractivity contribution is 9.10. The Morgan fingerprint density at radius 2 is 1.91 bits per heavy atom. The number of nitrogens with zero attached hydrogens (tertiary/aromatic N) is 3. The minimum Gasteiger partial charge on any atom is -0.459 e. The molecule has 2 N–H and O–H groups in total. The monoisotopic (exact) mass is 552 g/mol. The molecule has 0 aliphatic carbocycles. The van der Waals surface area contributed by atoms with Gasteiger partial charge >= 0.3 is 5.97 Å². The van der Waals surface area contributed by atoms with Crippen molar-refractivity contribution in [1.82, 2.24) is 4.98 Å². The molecular weight excluding hydrogens is 528 g/mol. The molecule has 0 amide bonds. The zero-order valence-electron chi connectivity index (χ0n) is 20.1. The molecule has 2 aromatic rings. The predicted octanol–water partition coefficient (Wildman–Crippen LogP) is 5.45. The number of allylic oxidation sites excluding steroid dienone is 1. The number of halogens is 1. The number of hydrogen-bond donors (Lipinski definition) is 1. The number of nitriles is 2. The van der Waals surface area contributed by atoms with Gasteiger partial charge in [-0.25, -0.2) is 9.78 Å². The third-order valence-corrected chi connectivity index (χ3v) is 7.39. The second-order valence-corrected chi connectivity index (χ2v) is 10.1. The largest absolute Gasteiger partial charge is 0.459 e. The number of benzene rings is 1. The molecule has 7 nitrogen and oxygen atoms in total. The van der Waals surface area contributed by atoms with Gasteiger partial charge in [0.15, 0.2) is 0 Å². The van der Waals surface area contributed by atoms with E-state index in [9.17, 15) is 15.3 Å². The first-order valence-electron chi connectivity index (χ1n) is 10.9. The Labute approximate surface area is 217 Å². The molecule has 0 saturated heterocycles. The zero-order valence-corrected chi connectivity index (χ0v) is 22.5. The second kappa shape index (κ2) is 11.0. The summed E-state index contributed by atoms with van der Waals surface area (Å²) < 4.78 is 12.1. The molecule has 0 spiro atoms. The van der Waals surface area contributed by atoms with E-state index < -0.39 is 11.9 Å². The third-order valence-electron chi connectivity index (χ3n) is 5.69. The van der Waals surface area contributed by atoms with Crippen LogP contribution in [0.15, 0.2) is 56.6 Å². The molecule has 1 aliphatic heterocycles. The van der Waals surface area contributed by atoms with Crippen molar-refractivity contribution >= 4 is 33.7 Å². The van der Waals surface area contributed by atoms with Gasteiger partial charge < -0.3 is 15.2 Å². The normalized spacial score (nSPS) is 15.5. The molecule has 0 fully saturated rings. The summed E-state index contributed by atoms with van der Waals surface area (Å²) in [4.78, 5) is 17.9. The lowest BCUT2D eigenvalue weighted by molar-refractivity contribution is -0.143. The molecule has 1 aliphatic rings. The number of ether oxygens (including phenoxy) is 2. The molecule has 1 atom stereocenters. The number of rotatable bonds is 6. The van der Waals surface area contributed by atoms with Crippen LogP contribution < -0.4 is 5.73 Å². The fourth-order valence-electron chi connectivity index (χ4n) is 3.73. The Bertz CT molecular complexity index is 1340. The lowest BCUT2D eigenvalue weighted by Crippen LogP contribution is -2.28. The summed E-state index contributed by atoms with van der Waals surface area (Å²) in [6.45, 7) is 9.20. The average Bonchev–Trinajstić information content (AvgIpc) is 2.80. The van der Waals surface area contributed by atoms with Crippen molar-refractivity contribution in [2.75, 3.05) is 5.75 Å². The minimum absolute atomic E-state index is 0.0744. The first-order valence-corrected chi connectivity index (χ1v) is 12.6. The van der Waals surface area contributed by atoms with Crippen LogP contribution in [0.4, 0.5) is 0 Å². The van der Waals surface area contributed by atoms with Gasteiger partial charge in [-0.2, -0.15) is 10.5 Å². The molecule has 2 heterocycles. The lowest BCUT2D eigenvalue weighted by atomic mass is 9.83. The molecule has 0 unspecified atom stereocenters. The number of pyridine rings is 1. The van der Waals surface area contributed by atoms with E-state index in [1.807, 2.05) is 45.0 Å². The fourth-order valence-corrected chi connectivity index (χ4v) is 5.27. The number of nitrogens with two attached hydrogens (primary N) is 1. The number of thioether (sulfide) groups is 1. The van der Waals surface area contributed by atoms with Gasteiger partial charge in [-0.1, -0.05) is 45.9 Å². The van der Waals surface area contributed by atoms with Crippen LogP contribution in [0.5, 0.6) is 0 Å². The molecule has 9 heteroatoms. The van der Waals surface area contributed by atoms with E-state index in [1.54, 1.807) is 13.8 Å². The van der Waals surface area contributed by atoms with Crippen molar-refractivity contribution in [3.05, 3.63) is 79.5 Å². The first kappa shape index (κ1) is 26.3. The van der Waals surface area contributed by atoms with Gasteiger partial charge in [0.2, 0.25) is 5.88 Å². The molecule has 1 aromatic carbocycles. The molecule has 0 saturated carbocycles. The van der Waals surface area contributed by atoms with E-state index in [0.717, 1.165) is 16.8 Å². The van der Waals surface area contributed by atoms with Gasteiger partial charge in [0.1, 0.15) is 28.5 Å². The van der Waals surface area contributed by atoms with Gasteiger partial charge in [0, 0.05) is 10.2 Å². The Balaban J connectivity index is 2.16. The molecule has 3 rings (SSSR count). The number of aryl methyl sites for hydroxylation is 1. The van der Waals surface area contributed by atoms with Crippen LogP contribution in [0.3, 0.4) is 0 Å². The molecule has 180 valence electrons. The van der Waals surface area contributed by atoms with E-state index in [2.05, 4.69) is 33.1 Å². The van der Waals surface area contributed by atoms with E-state index in [1.165, 1.54) is 11.8 Å².